The predicted octanol–water partition coefficient (Wildman–Crippen LogP) is 3.67. The van der Waals surface area contributed by atoms with E-state index in [4.69, 9.17) is 18.9 Å². The number of carbonyl (C=O) groups is 2. The lowest BCUT2D eigenvalue weighted by Crippen LogP contribution is -2.63. The molecular weight excluding hydrogens is 412 g/mol. The third kappa shape index (κ3) is 3.95. The standard InChI is InChI=1S/C25H36O7/c1-8-14(2)9-10-24(6)15(3)11-21(28)25-19(12-18(13-20(24)25)30-16(4)26)22(29-7)32-23(25)31-17(5)27/h8,12,15,18,20-23,28H,1-2,9-11,13H2,3-7H3/t15-,18+,20+,21+,22+,23-,24-,25-/m0/s1. The van der Waals surface area contributed by atoms with Gasteiger partial charge >= 0.3 is 11.9 Å². The summed E-state index contributed by atoms with van der Waals surface area (Å²) in [6, 6.07) is 0. The van der Waals surface area contributed by atoms with E-state index in [1.165, 1.54) is 21.0 Å². The van der Waals surface area contributed by atoms with Crippen molar-refractivity contribution in [3.63, 3.8) is 0 Å². The molecule has 1 N–H and O–H groups in total. The van der Waals surface area contributed by atoms with Crippen molar-refractivity contribution < 1.29 is 33.6 Å². The van der Waals surface area contributed by atoms with E-state index in [2.05, 4.69) is 27.0 Å². The van der Waals surface area contributed by atoms with Crippen LogP contribution in [0.15, 0.2) is 36.5 Å². The van der Waals surface area contributed by atoms with Gasteiger partial charge in [0.1, 0.15) is 6.10 Å². The second-order valence-corrected chi connectivity index (χ2v) is 9.66. The maximum absolute atomic E-state index is 12.0. The number of allylic oxidation sites excluding steroid dienone is 2. The third-order valence-corrected chi connectivity index (χ3v) is 7.93. The summed E-state index contributed by atoms with van der Waals surface area (Å²) in [4.78, 5) is 23.8. The molecule has 32 heavy (non-hydrogen) atoms. The van der Waals surface area contributed by atoms with Crippen LogP contribution < -0.4 is 0 Å². The molecule has 1 heterocycles. The fourth-order valence-corrected chi connectivity index (χ4v) is 6.17. The zero-order chi connectivity index (χ0) is 23.8. The van der Waals surface area contributed by atoms with Gasteiger partial charge in [-0.2, -0.15) is 0 Å². The van der Waals surface area contributed by atoms with Crippen LogP contribution in [-0.4, -0.2) is 48.9 Å². The summed E-state index contributed by atoms with van der Waals surface area (Å²) in [5, 5.41) is 11.5. The maximum atomic E-state index is 12.0. The quantitative estimate of drug-likeness (QED) is 0.361. The molecule has 0 aromatic carbocycles. The molecule has 2 aliphatic carbocycles. The average molecular weight is 449 g/mol. The fourth-order valence-electron chi connectivity index (χ4n) is 6.17. The minimum Gasteiger partial charge on any atom is -0.458 e. The highest BCUT2D eigenvalue weighted by Gasteiger charge is 2.70. The first-order chi connectivity index (χ1) is 15.0. The van der Waals surface area contributed by atoms with E-state index in [1.807, 2.05) is 6.08 Å². The Labute approximate surface area is 190 Å². The highest BCUT2D eigenvalue weighted by atomic mass is 16.8. The number of carbonyl (C=O) groups excluding carboxylic acids is 2. The van der Waals surface area contributed by atoms with E-state index in [1.54, 1.807) is 6.08 Å². The Morgan fingerprint density at radius 3 is 2.50 bits per heavy atom. The number of ether oxygens (including phenoxy) is 4. The van der Waals surface area contributed by atoms with Crippen LogP contribution in [-0.2, 0) is 28.5 Å². The molecular formula is C25H36O7. The zero-order valence-electron chi connectivity index (χ0n) is 19.8. The highest BCUT2D eigenvalue weighted by Crippen LogP contribution is 2.67. The Balaban J connectivity index is 2.17. The number of hydrogen-bond acceptors (Lipinski definition) is 7. The molecule has 7 heteroatoms. The topological polar surface area (TPSA) is 91.3 Å². The van der Waals surface area contributed by atoms with E-state index in [-0.39, 0.29) is 23.2 Å². The summed E-state index contributed by atoms with van der Waals surface area (Å²) in [5.41, 5.74) is 0.352. The second-order valence-electron chi connectivity index (χ2n) is 9.66. The van der Waals surface area contributed by atoms with Crippen molar-refractivity contribution in [3.05, 3.63) is 36.5 Å². The number of aliphatic hydroxyl groups excluding tert-OH is 1. The van der Waals surface area contributed by atoms with Crippen molar-refractivity contribution >= 4 is 11.9 Å². The van der Waals surface area contributed by atoms with Gasteiger partial charge < -0.3 is 24.1 Å². The maximum Gasteiger partial charge on any atom is 0.304 e. The monoisotopic (exact) mass is 448 g/mol. The van der Waals surface area contributed by atoms with Gasteiger partial charge in [-0.3, -0.25) is 9.59 Å². The van der Waals surface area contributed by atoms with Gasteiger partial charge in [-0.1, -0.05) is 38.7 Å². The molecule has 1 saturated carbocycles. The van der Waals surface area contributed by atoms with E-state index in [0.29, 0.717) is 18.4 Å². The van der Waals surface area contributed by atoms with Crippen LogP contribution in [0.1, 0.15) is 53.4 Å². The van der Waals surface area contributed by atoms with Crippen molar-refractivity contribution in [3.8, 4) is 0 Å². The minimum absolute atomic E-state index is 0.155. The molecule has 7 nitrogen and oxygen atoms in total. The number of aliphatic hydroxyl groups is 1. The van der Waals surface area contributed by atoms with Crippen LogP contribution in [0.25, 0.3) is 0 Å². The van der Waals surface area contributed by atoms with Crippen LogP contribution in [0.4, 0.5) is 0 Å². The Kier molecular flexibility index (Phi) is 7.03. The van der Waals surface area contributed by atoms with Gasteiger partial charge in [-0.25, -0.2) is 0 Å². The van der Waals surface area contributed by atoms with E-state index >= 15 is 0 Å². The van der Waals surface area contributed by atoms with Crippen molar-refractivity contribution in [1.29, 1.82) is 0 Å². The van der Waals surface area contributed by atoms with E-state index in [9.17, 15) is 14.7 Å². The molecule has 0 aromatic heterocycles. The van der Waals surface area contributed by atoms with E-state index in [0.717, 1.165) is 18.4 Å². The van der Waals surface area contributed by atoms with Crippen LogP contribution in [0.2, 0.25) is 0 Å². The molecule has 3 aliphatic rings. The average Bonchev–Trinajstić information content (AvgIpc) is 3.03. The second kappa shape index (κ2) is 9.12. The molecule has 178 valence electrons. The molecule has 0 aromatic rings. The number of hydrogen-bond donors (Lipinski definition) is 1. The Bertz CT molecular complexity index is 817. The summed E-state index contributed by atoms with van der Waals surface area (Å²) < 4.78 is 22.9. The van der Waals surface area contributed by atoms with Gasteiger partial charge in [0.2, 0.25) is 6.29 Å². The molecule has 1 saturated heterocycles. The molecule has 0 bridgehead atoms. The summed E-state index contributed by atoms with van der Waals surface area (Å²) in [5.74, 6) is -0.910. The summed E-state index contributed by atoms with van der Waals surface area (Å²) in [7, 11) is 1.50. The lowest BCUT2D eigenvalue weighted by molar-refractivity contribution is -0.254. The van der Waals surface area contributed by atoms with Crippen molar-refractivity contribution in [2.75, 3.05) is 7.11 Å². The summed E-state index contributed by atoms with van der Waals surface area (Å²) in [6.07, 6.45) is 3.01. The molecule has 1 aliphatic heterocycles. The third-order valence-electron chi connectivity index (χ3n) is 7.93. The largest absolute Gasteiger partial charge is 0.458 e. The van der Waals surface area contributed by atoms with Crippen molar-refractivity contribution in [2.45, 2.75) is 78.2 Å². The molecule has 0 amide bonds. The fraction of sp³-hybridized carbons (Fsp3) is 0.680. The summed E-state index contributed by atoms with van der Waals surface area (Å²) >= 11 is 0. The highest BCUT2D eigenvalue weighted by molar-refractivity contribution is 5.67. The van der Waals surface area contributed by atoms with Gasteiger partial charge in [0, 0.05) is 26.5 Å². The molecule has 2 fully saturated rings. The normalized spacial score (nSPS) is 40.5. The molecule has 3 rings (SSSR count). The van der Waals surface area contributed by atoms with Gasteiger partial charge in [0.05, 0.1) is 11.5 Å². The number of esters is 2. The lowest BCUT2D eigenvalue weighted by Gasteiger charge is -2.60. The first kappa shape index (κ1) is 24.7. The van der Waals surface area contributed by atoms with Crippen LogP contribution in [0.3, 0.4) is 0 Å². The zero-order valence-corrected chi connectivity index (χ0v) is 19.8. The number of rotatable bonds is 7. The first-order valence-corrected chi connectivity index (χ1v) is 11.2. The molecule has 8 atom stereocenters. The molecule has 0 radical (unpaired) electrons. The minimum atomic E-state index is -0.996. The van der Waals surface area contributed by atoms with E-state index < -0.39 is 36.2 Å². The van der Waals surface area contributed by atoms with Gasteiger partial charge in [-0.15, -0.1) is 0 Å². The predicted molar refractivity (Wildman–Crippen MR) is 118 cm³/mol. The Hall–Kier alpha value is -1.96. The van der Waals surface area contributed by atoms with Crippen LogP contribution in [0, 0.1) is 22.7 Å². The van der Waals surface area contributed by atoms with Gasteiger partial charge in [-0.05, 0) is 49.0 Å². The number of methoxy groups -OCH3 is 1. The molecule has 1 spiro atoms. The van der Waals surface area contributed by atoms with Gasteiger partial charge in [0.25, 0.3) is 0 Å². The van der Waals surface area contributed by atoms with Crippen LogP contribution >= 0.6 is 0 Å². The smallest absolute Gasteiger partial charge is 0.304 e. The molecule has 0 unspecified atom stereocenters. The van der Waals surface area contributed by atoms with Crippen molar-refractivity contribution in [1.82, 2.24) is 0 Å². The van der Waals surface area contributed by atoms with Crippen LogP contribution in [0.5, 0.6) is 0 Å². The summed E-state index contributed by atoms with van der Waals surface area (Å²) in [6.45, 7) is 14.9. The Morgan fingerprint density at radius 2 is 1.94 bits per heavy atom. The Morgan fingerprint density at radius 1 is 1.28 bits per heavy atom. The lowest BCUT2D eigenvalue weighted by atomic mass is 9.45. The first-order valence-electron chi connectivity index (χ1n) is 11.2. The SMILES string of the molecule is C=CC(=C)CC[C@]1(C)[C@H]2C[C@H](OC(C)=O)C=C3[C@H](OC)O[C@H](OC(C)=O)[C@@]32[C@H](O)C[C@@H]1C. The van der Waals surface area contributed by atoms with Crippen molar-refractivity contribution in [2.24, 2.45) is 22.7 Å². The van der Waals surface area contributed by atoms with Gasteiger partial charge in [0.15, 0.2) is 6.29 Å².